The van der Waals surface area contributed by atoms with Crippen LogP contribution in [0, 0.1) is 17.2 Å². The van der Waals surface area contributed by atoms with E-state index in [1.807, 2.05) is 52.3 Å². The van der Waals surface area contributed by atoms with Gasteiger partial charge in [-0.05, 0) is 49.1 Å². The van der Waals surface area contributed by atoms with E-state index < -0.39 is 0 Å². The van der Waals surface area contributed by atoms with Gasteiger partial charge in [0.25, 0.3) is 0 Å². The second-order valence-corrected chi connectivity index (χ2v) is 8.14. The highest BCUT2D eigenvalue weighted by Crippen LogP contribution is 2.22. The Morgan fingerprint density at radius 1 is 1.09 bits per heavy atom. The van der Waals surface area contributed by atoms with Crippen molar-refractivity contribution in [3.63, 3.8) is 0 Å². The molecule has 3 rings (SSSR count). The van der Waals surface area contributed by atoms with Crippen molar-refractivity contribution in [1.29, 1.82) is 5.26 Å². The van der Waals surface area contributed by atoms with Crippen LogP contribution in [-0.2, 0) is 16.1 Å². The molecule has 6 nitrogen and oxygen atoms in total. The number of likely N-dealkylation sites (tertiary alicyclic amines) is 1. The Bertz CT molecular complexity index is 914. The van der Waals surface area contributed by atoms with Crippen LogP contribution in [0.2, 0.25) is 0 Å². The molecule has 0 N–H and O–H groups in total. The zero-order chi connectivity index (χ0) is 22.8. The molecular formula is C26H31N3O3. The Kier molecular flexibility index (Phi) is 8.68. The van der Waals surface area contributed by atoms with Crippen molar-refractivity contribution < 1.29 is 14.3 Å². The molecule has 0 atom stereocenters. The number of amides is 2. The van der Waals surface area contributed by atoms with E-state index >= 15 is 0 Å². The third kappa shape index (κ3) is 6.58. The Hall–Kier alpha value is -3.33. The number of piperidine rings is 1. The molecule has 168 valence electrons. The van der Waals surface area contributed by atoms with Gasteiger partial charge in [-0.25, -0.2) is 0 Å². The highest BCUT2D eigenvalue weighted by molar-refractivity contribution is 5.80. The maximum atomic E-state index is 13.2. The molecule has 0 aromatic heterocycles. The van der Waals surface area contributed by atoms with Crippen molar-refractivity contribution in [3.05, 3.63) is 65.7 Å². The van der Waals surface area contributed by atoms with Gasteiger partial charge in [0.1, 0.15) is 5.75 Å². The van der Waals surface area contributed by atoms with Crippen molar-refractivity contribution in [2.24, 2.45) is 5.92 Å². The maximum Gasteiger partial charge on any atom is 0.226 e. The lowest BCUT2D eigenvalue weighted by Crippen LogP contribution is -2.44. The molecular weight excluding hydrogens is 402 g/mol. The molecule has 0 unspecified atom stereocenters. The number of nitrogens with zero attached hydrogens (tertiary/aromatic N) is 3. The van der Waals surface area contributed by atoms with Crippen molar-refractivity contribution in [3.8, 4) is 11.8 Å². The van der Waals surface area contributed by atoms with Gasteiger partial charge in [0.2, 0.25) is 11.8 Å². The molecule has 6 heteroatoms. The summed E-state index contributed by atoms with van der Waals surface area (Å²) in [6, 6.07) is 19.0. The topological polar surface area (TPSA) is 73.6 Å². The van der Waals surface area contributed by atoms with E-state index in [1.165, 1.54) is 0 Å². The summed E-state index contributed by atoms with van der Waals surface area (Å²) in [6.45, 7) is 4.90. The van der Waals surface area contributed by atoms with Crippen LogP contribution < -0.4 is 4.74 Å². The van der Waals surface area contributed by atoms with E-state index in [4.69, 9.17) is 10.00 Å². The Morgan fingerprint density at radius 3 is 2.41 bits per heavy atom. The molecule has 32 heavy (non-hydrogen) atoms. The van der Waals surface area contributed by atoms with Gasteiger partial charge in [-0.15, -0.1) is 0 Å². The average molecular weight is 434 g/mol. The normalized spacial score (nSPS) is 13.9. The maximum absolute atomic E-state index is 13.2. The first-order valence-electron chi connectivity index (χ1n) is 11.3. The Labute approximate surface area is 190 Å². The lowest BCUT2D eigenvalue weighted by atomic mass is 9.94. The quantitative estimate of drug-likeness (QED) is 0.599. The zero-order valence-corrected chi connectivity index (χ0v) is 18.7. The van der Waals surface area contributed by atoms with Gasteiger partial charge in [-0.3, -0.25) is 9.59 Å². The summed E-state index contributed by atoms with van der Waals surface area (Å²) in [5.41, 5.74) is 1.64. The number of benzene rings is 2. The lowest BCUT2D eigenvalue weighted by Gasteiger charge is -2.34. The van der Waals surface area contributed by atoms with E-state index in [0.717, 1.165) is 17.7 Å². The van der Waals surface area contributed by atoms with E-state index in [-0.39, 0.29) is 17.7 Å². The molecule has 0 bridgehead atoms. The largest absolute Gasteiger partial charge is 0.493 e. The van der Waals surface area contributed by atoms with Gasteiger partial charge in [0.05, 0.1) is 24.7 Å². The van der Waals surface area contributed by atoms with Gasteiger partial charge < -0.3 is 14.5 Å². The smallest absolute Gasteiger partial charge is 0.226 e. The van der Waals surface area contributed by atoms with Gasteiger partial charge >= 0.3 is 0 Å². The van der Waals surface area contributed by atoms with Crippen LogP contribution in [0.1, 0.15) is 43.7 Å². The number of para-hydroxylation sites is 1. The third-order valence-corrected chi connectivity index (χ3v) is 5.79. The molecule has 1 heterocycles. The van der Waals surface area contributed by atoms with Crippen LogP contribution in [-0.4, -0.2) is 47.9 Å². The molecule has 0 saturated carbocycles. The Balaban J connectivity index is 1.46. The summed E-state index contributed by atoms with van der Waals surface area (Å²) in [5, 5.41) is 8.96. The van der Waals surface area contributed by atoms with Crippen molar-refractivity contribution in [2.75, 3.05) is 26.2 Å². The third-order valence-electron chi connectivity index (χ3n) is 5.79. The number of hydrogen-bond donors (Lipinski definition) is 0. The minimum absolute atomic E-state index is 0.0513. The molecule has 2 aromatic rings. The second kappa shape index (κ2) is 11.9. The summed E-state index contributed by atoms with van der Waals surface area (Å²) in [5.74, 6) is 0.956. The number of hydrogen-bond acceptors (Lipinski definition) is 4. The number of rotatable bonds is 9. The van der Waals surface area contributed by atoms with Gasteiger partial charge in [-0.1, -0.05) is 37.3 Å². The molecule has 2 amide bonds. The summed E-state index contributed by atoms with van der Waals surface area (Å²) in [4.78, 5) is 29.5. The summed E-state index contributed by atoms with van der Waals surface area (Å²) in [6.07, 6.45) is 2.62. The zero-order valence-electron chi connectivity index (χ0n) is 18.7. The SMILES string of the molecule is CCCN(Cc1ccc(C#N)cc1)C(=O)C1CCN(C(=O)CCOc2ccccc2)CC1. The van der Waals surface area contributed by atoms with Gasteiger partial charge in [0, 0.05) is 32.1 Å². The van der Waals surface area contributed by atoms with E-state index in [2.05, 4.69) is 13.0 Å². The number of ether oxygens (including phenoxy) is 1. The Morgan fingerprint density at radius 2 is 1.78 bits per heavy atom. The molecule has 1 aliphatic rings. The predicted octanol–water partition coefficient (Wildman–Crippen LogP) is 4.00. The van der Waals surface area contributed by atoms with Gasteiger partial charge in [0.15, 0.2) is 0 Å². The summed E-state index contributed by atoms with van der Waals surface area (Å²) in [7, 11) is 0. The van der Waals surface area contributed by atoms with Crippen LogP contribution in [0.15, 0.2) is 54.6 Å². The van der Waals surface area contributed by atoms with Crippen LogP contribution in [0.25, 0.3) is 0 Å². The van der Waals surface area contributed by atoms with Crippen LogP contribution in [0.4, 0.5) is 0 Å². The standard InChI is InChI=1S/C26H31N3O3/c1-2-15-29(20-22-10-8-21(19-27)9-11-22)26(31)23-12-16-28(17-13-23)25(30)14-18-32-24-6-4-3-5-7-24/h3-11,23H,2,12-18,20H2,1H3. The van der Waals surface area contributed by atoms with Crippen molar-refractivity contribution in [2.45, 2.75) is 39.2 Å². The summed E-state index contributed by atoms with van der Waals surface area (Å²) < 4.78 is 5.63. The first-order chi connectivity index (χ1) is 15.6. The minimum Gasteiger partial charge on any atom is -0.493 e. The minimum atomic E-state index is -0.0513. The first kappa shape index (κ1) is 23.3. The van der Waals surface area contributed by atoms with Gasteiger partial charge in [-0.2, -0.15) is 5.26 Å². The van der Waals surface area contributed by atoms with Crippen LogP contribution in [0.5, 0.6) is 5.75 Å². The number of nitriles is 1. The van der Waals surface area contributed by atoms with Crippen LogP contribution >= 0.6 is 0 Å². The van der Waals surface area contributed by atoms with E-state index in [1.54, 1.807) is 12.1 Å². The fourth-order valence-electron chi connectivity index (χ4n) is 4.01. The lowest BCUT2D eigenvalue weighted by molar-refractivity contribution is -0.141. The first-order valence-corrected chi connectivity index (χ1v) is 11.3. The molecule has 0 spiro atoms. The van der Waals surface area contributed by atoms with Crippen molar-refractivity contribution in [1.82, 2.24) is 9.80 Å². The second-order valence-electron chi connectivity index (χ2n) is 8.14. The summed E-state index contributed by atoms with van der Waals surface area (Å²) >= 11 is 0. The molecule has 2 aromatic carbocycles. The average Bonchev–Trinajstić information content (AvgIpc) is 2.84. The van der Waals surface area contributed by atoms with E-state index in [0.29, 0.717) is 57.6 Å². The fraction of sp³-hybridized carbons (Fsp3) is 0.423. The fourth-order valence-corrected chi connectivity index (χ4v) is 4.01. The van der Waals surface area contributed by atoms with Crippen molar-refractivity contribution >= 4 is 11.8 Å². The molecule has 1 aliphatic heterocycles. The molecule has 0 aliphatic carbocycles. The predicted molar refractivity (Wildman–Crippen MR) is 123 cm³/mol. The molecule has 1 saturated heterocycles. The molecule has 0 radical (unpaired) electrons. The number of carbonyl (C=O) groups excluding carboxylic acids is 2. The number of carbonyl (C=O) groups is 2. The monoisotopic (exact) mass is 433 g/mol. The highest BCUT2D eigenvalue weighted by atomic mass is 16.5. The van der Waals surface area contributed by atoms with E-state index in [9.17, 15) is 9.59 Å². The highest BCUT2D eigenvalue weighted by Gasteiger charge is 2.30. The van der Waals surface area contributed by atoms with Crippen LogP contribution in [0.3, 0.4) is 0 Å². The molecule has 1 fully saturated rings.